The first-order chi connectivity index (χ1) is 15.3. The van der Waals surface area contributed by atoms with Gasteiger partial charge in [-0.1, -0.05) is 12.1 Å². The smallest absolute Gasteiger partial charge is 0.335 e. The van der Waals surface area contributed by atoms with E-state index in [2.05, 4.69) is 30.5 Å². The van der Waals surface area contributed by atoms with Crippen LogP contribution in [0.4, 0.5) is 11.6 Å². The van der Waals surface area contributed by atoms with Crippen LogP contribution >= 0.6 is 0 Å². The number of carboxylic acid groups (broad SMARTS) is 1. The number of amides is 1. The first kappa shape index (κ1) is 21.5. The number of rotatable bonds is 6. The van der Waals surface area contributed by atoms with E-state index in [1.54, 1.807) is 24.4 Å². The zero-order valence-corrected chi connectivity index (χ0v) is 18.3. The summed E-state index contributed by atoms with van der Waals surface area (Å²) in [5.41, 5.74) is 1.82. The molecule has 9 nitrogen and oxygen atoms in total. The van der Waals surface area contributed by atoms with Crippen molar-refractivity contribution in [1.82, 2.24) is 20.3 Å². The van der Waals surface area contributed by atoms with Gasteiger partial charge in [-0.2, -0.15) is 0 Å². The van der Waals surface area contributed by atoms with Crippen LogP contribution in [-0.4, -0.2) is 51.1 Å². The van der Waals surface area contributed by atoms with Crippen molar-refractivity contribution in [2.24, 2.45) is 0 Å². The fourth-order valence-corrected chi connectivity index (χ4v) is 4.02. The normalized spacial score (nSPS) is 16.7. The number of fused-ring (bicyclic) bond motifs is 1. The maximum absolute atomic E-state index is 11.4. The van der Waals surface area contributed by atoms with Crippen molar-refractivity contribution < 1.29 is 14.7 Å². The molecule has 1 amide bonds. The Balaban J connectivity index is 1.62. The van der Waals surface area contributed by atoms with Gasteiger partial charge in [0.15, 0.2) is 0 Å². The highest BCUT2D eigenvalue weighted by atomic mass is 16.4. The number of aromatic carboxylic acids is 1. The van der Waals surface area contributed by atoms with Crippen LogP contribution in [0.25, 0.3) is 10.9 Å². The molecule has 1 aliphatic heterocycles. The summed E-state index contributed by atoms with van der Waals surface area (Å²) in [6.07, 6.45) is 2.61. The average molecular weight is 435 g/mol. The Morgan fingerprint density at radius 2 is 2.06 bits per heavy atom. The summed E-state index contributed by atoms with van der Waals surface area (Å²) in [4.78, 5) is 38.5. The number of pyridine rings is 1. The van der Waals surface area contributed by atoms with Gasteiger partial charge in [-0.25, -0.2) is 19.7 Å². The van der Waals surface area contributed by atoms with Gasteiger partial charge in [0, 0.05) is 37.5 Å². The molecule has 0 aliphatic carbocycles. The van der Waals surface area contributed by atoms with Gasteiger partial charge < -0.3 is 20.6 Å². The molecule has 166 valence electrons. The van der Waals surface area contributed by atoms with E-state index in [0.717, 1.165) is 35.2 Å². The number of nitrogens with one attached hydrogen (secondary N) is 2. The van der Waals surface area contributed by atoms with Crippen molar-refractivity contribution in [3.63, 3.8) is 0 Å². The summed E-state index contributed by atoms with van der Waals surface area (Å²) >= 11 is 0. The molecule has 1 fully saturated rings. The Bertz CT molecular complexity index is 1180. The molecule has 3 aromatic rings. The monoisotopic (exact) mass is 434 g/mol. The molecule has 1 unspecified atom stereocenters. The second-order valence-electron chi connectivity index (χ2n) is 8.11. The van der Waals surface area contributed by atoms with Crippen LogP contribution in [-0.2, 0) is 4.79 Å². The van der Waals surface area contributed by atoms with E-state index in [1.807, 2.05) is 26.0 Å². The fraction of sp³-hybridized carbons (Fsp3) is 0.348. The number of anilines is 2. The lowest BCUT2D eigenvalue weighted by Crippen LogP contribution is -2.35. The van der Waals surface area contributed by atoms with Crippen LogP contribution in [0.3, 0.4) is 0 Å². The lowest BCUT2D eigenvalue weighted by molar-refractivity contribution is -0.119. The molecule has 1 saturated heterocycles. The van der Waals surface area contributed by atoms with Gasteiger partial charge in [0.25, 0.3) is 0 Å². The Labute approximate surface area is 185 Å². The van der Waals surface area contributed by atoms with Gasteiger partial charge in [-0.15, -0.1) is 0 Å². The van der Waals surface area contributed by atoms with E-state index < -0.39 is 5.97 Å². The summed E-state index contributed by atoms with van der Waals surface area (Å²) in [5.74, 6) is 1.11. The molecule has 3 N–H and O–H groups in total. The molecule has 1 aliphatic rings. The van der Waals surface area contributed by atoms with Gasteiger partial charge in [0.1, 0.15) is 17.5 Å². The summed E-state index contributed by atoms with van der Waals surface area (Å²) < 4.78 is 0. The SMILES string of the molecule is CC(=O)N[C@@H]1CCN(c2cc3c(NC(C)c4cccc(C(=O)O)c4)nc(C)nc3cn2)C1. The van der Waals surface area contributed by atoms with Crippen LogP contribution in [0.1, 0.15) is 48.1 Å². The first-order valence-electron chi connectivity index (χ1n) is 10.6. The number of carbonyl (C=O) groups excluding carboxylic acids is 1. The fourth-order valence-electron chi connectivity index (χ4n) is 4.02. The van der Waals surface area contributed by atoms with Crippen molar-refractivity contribution in [2.75, 3.05) is 23.3 Å². The number of aromatic nitrogens is 3. The molecule has 0 saturated carbocycles. The van der Waals surface area contributed by atoms with Crippen molar-refractivity contribution in [1.29, 1.82) is 0 Å². The van der Waals surface area contributed by atoms with Gasteiger partial charge in [0.05, 0.1) is 17.3 Å². The minimum atomic E-state index is -0.957. The molecule has 9 heteroatoms. The highest BCUT2D eigenvalue weighted by Crippen LogP contribution is 2.28. The van der Waals surface area contributed by atoms with Crippen LogP contribution in [0, 0.1) is 6.92 Å². The zero-order valence-electron chi connectivity index (χ0n) is 18.3. The zero-order chi connectivity index (χ0) is 22.8. The first-order valence-corrected chi connectivity index (χ1v) is 10.6. The Hall–Kier alpha value is -3.75. The largest absolute Gasteiger partial charge is 0.478 e. The number of hydrogen-bond donors (Lipinski definition) is 3. The van der Waals surface area contributed by atoms with E-state index >= 15 is 0 Å². The third kappa shape index (κ3) is 4.61. The number of carbonyl (C=O) groups is 2. The van der Waals surface area contributed by atoms with Gasteiger partial charge in [-0.05, 0) is 44.0 Å². The third-order valence-electron chi connectivity index (χ3n) is 5.59. The molecule has 32 heavy (non-hydrogen) atoms. The summed E-state index contributed by atoms with van der Waals surface area (Å²) in [6, 6.07) is 8.77. The third-order valence-corrected chi connectivity index (χ3v) is 5.59. The van der Waals surface area contributed by atoms with Crippen molar-refractivity contribution in [3.05, 3.63) is 53.5 Å². The van der Waals surface area contributed by atoms with Crippen LogP contribution < -0.4 is 15.5 Å². The van der Waals surface area contributed by atoms with Crippen molar-refractivity contribution in [2.45, 2.75) is 39.3 Å². The molecular weight excluding hydrogens is 408 g/mol. The Morgan fingerprint density at radius 1 is 1.25 bits per heavy atom. The number of carboxylic acids is 1. The van der Waals surface area contributed by atoms with Crippen LogP contribution in [0.2, 0.25) is 0 Å². The highest BCUT2D eigenvalue weighted by Gasteiger charge is 2.24. The molecule has 4 rings (SSSR count). The molecule has 1 aromatic carbocycles. The van der Waals surface area contributed by atoms with E-state index in [-0.39, 0.29) is 23.6 Å². The number of hydrogen-bond acceptors (Lipinski definition) is 7. The average Bonchev–Trinajstić information content (AvgIpc) is 3.21. The predicted molar refractivity (Wildman–Crippen MR) is 122 cm³/mol. The maximum Gasteiger partial charge on any atom is 0.335 e. The quantitative estimate of drug-likeness (QED) is 0.542. The summed E-state index contributed by atoms with van der Waals surface area (Å²) in [7, 11) is 0. The second kappa shape index (κ2) is 8.78. The van der Waals surface area contributed by atoms with E-state index in [0.29, 0.717) is 18.2 Å². The predicted octanol–water partition coefficient (Wildman–Crippen LogP) is 2.92. The minimum absolute atomic E-state index is 0.0281. The minimum Gasteiger partial charge on any atom is -0.478 e. The topological polar surface area (TPSA) is 120 Å². The Morgan fingerprint density at radius 3 is 2.81 bits per heavy atom. The number of aryl methyl sites for hydroxylation is 1. The van der Waals surface area contributed by atoms with E-state index in [1.165, 1.54) is 6.92 Å². The highest BCUT2D eigenvalue weighted by molar-refractivity contribution is 5.91. The molecule has 2 atom stereocenters. The van der Waals surface area contributed by atoms with Crippen LogP contribution in [0.15, 0.2) is 36.5 Å². The van der Waals surface area contributed by atoms with E-state index in [9.17, 15) is 14.7 Å². The van der Waals surface area contributed by atoms with Crippen molar-refractivity contribution >= 4 is 34.4 Å². The molecule has 0 spiro atoms. The molecule has 2 aromatic heterocycles. The molecular formula is C23H26N6O3. The molecule has 3 heterocycles. The molecule has 0 bridgehead atoms. The standard InChI is InChI=1S/C23H26N6O3/c1-13(16-5-4-6-17(9-16)23(31)32)25-22-19-10-21(24-11-20(19)26-14(2)27-22)29-8-7-18(12-29)28-15(3)30/h4-6,9-11,13,18H,7-8,12H2,1-3H3,(H,28,30)(H,31,32)(H,25,26,27)/t13?,18-/m1/s1. The van der Waals surface area contributed by atoms with Crippen molar-refractivity contribution in [3.8, 4) is 0 Å². The van der Waals surface area contributed by atoms with Gasteiger partial charge in [0.2, 0.25) is 5.91 Å². The van der Waals surface area contributed by atoms with Gasteiger partial charge in [-0.3, -0.25) is 4.79 Å². The van der Waals surface area contributed by atoms with Crippen LogP contribution in [0.5, 0.6) is 0 Å². The number of benzene rings is 1. The molecule has 0 radical (unpaired) electrons. The number of nitrogens with zero attached hydrogens (tertiary/aromatic N) is 4. The lowest BCUT2D eigenvalue weighted by atomic mass is 10.0. The summed E-state index contributed by atoms with van der Waals surface area (Å²) in [6.45, 7) is 6.82. The summed E-state index contributed by atoms with van der Waals surface area (Å²) in [5, 5.41) is 16.5. The second-order valence-corrected chi connectivity index (χ2v) is 8.11. The maximum atomic E-state index is 11.4. The lowest BCUT2D eigenvalue weighted by Gasteiger charge is -2.20. The van der Waals surface area contributed by atoms with Gasteiger partial charge >= 0.3 is 5.97 Å². The van der Waals surface area contributed by atoms with E-state index in [4.69, 9.17) is 0 Å². The Kier molecular flexibility index (Phi) is 5.89.